The summed E-state index contributed by atoms with van der Waals surface area (Å²) in [4.78, 5) is 26.9. The second kappa shape index (κ2) is 35.7. The molecule has 0 aromatic rings. The molecule has 1 heterocycles. The van der Waals surface area contributed by atoms with Gasteiger partial charge in [-0.2, -0.15) is 0 Å². The van der Waals surface area contributed by atoms with Crippen LogP contribution < -0.4 is 5.32 Å². The van der Waals surface area contributed by atoms with Gasteiger partial charge in [0.05, 0.1) is 6.61 Å². The minimum absolute atomic E-state index is 0.0540. The molecule has 1 unspecified atom stereocenters. The fourth-order valence-electron chi connectivity index (χ4n) is 7.04. The topological polar surface area (TPSA) is 67.9 Å². The van der Waals surface area contributed by atoms with Gasteiger partial charge < -0.3 is 14.8 Å². The first-order valence-electron chi connectivity index (χ1n) is 21.4. The molecule has 0 aliphatic carbocycles. The highest BCUT2D eigenvalue weighted by molar-refractivity contribution is 5.69. The molecule has 1 saturated heterocycles. The van der Waals surface area contributed by atoms with Crippen LogP contribution in [-0.2, 0) is 19.1 Å². The Morgan fingerprint density at radius 3 is 1.27 bits per heavy atom. The molecule has 0 bridgehead atoms. The summed E-state index contributed by atoms with van der Waals surface area (Å²) >= 11 is 0. The zero-order chi connectivity index (χ0) is 34.6. The molecular formula is C42H82N2O4. The van der Waals surface area contributed by atoms with Crippen molar-refractivity contribution < 1.29 is 19.1 Å². The maximum absolute atomic E-state index is 12.3. The molecule has 6 heteroatoms. The van der Waals surface area contributed by atoms with Gasteiger partial charge in [-0.1, -0.05) is 181 Å². The Bertz CT molecular complexity index is 645. The summed E-state index contributed by atoms with van der Waals surface area (Å²) < 4.78 is 11.2. The maximum atomic E-state index is 12.3. The van der Waals surface area contributed by atoms with Crippen LogP contribution in [0.25, 0.3) is 0 Å². The Morgan fingerprint density at radius 1 is 0.521 bits per heavy atom. The van der Waals surface area contributed by atoms with Crippen LogP contribution in [0.15, 0.2) is 0 Å². The first-order chi connectivity index (χ1) is 23.7. The first kappa shape index (κ1) is 44.9. The van der Waals surface area contributed by atoms with Gasteiger partial charge in [0.15, 0.2) is 0 Å². The number of ether oxygens (including phenoxy) is 2. The predicted octanol–water partition coefficient (Wildman–Crippen LogP) is 11.5. The number of unbranched alkanes of at least 4 members (excludes halogenated alkanes) is 26. The number of hydrogen-bond acceptors (Lipinski definition) is 6. The summed E-state index contributed by atoms with van der Waals surface area (Å²) in [5.74, 6) is -0.111. The number of rotatable bonds is 36. The lowest BCUT2D eigenvalue weighted by Crippen LogP contribution is -2.52. The van der Waals surface area contributed by atoms with Crippen LogP contribution in [0.5, 0.6) is 0 Å². The molecule has 1 N–H and O–H groups in total. The highest BCUT2D eigenvalue weighted by atomic mass is 16.5. The summed E-state index contributed by atoms with van der Waals surface area (Å²) in [5, 5.41) is 3.46. The minimum atomic E-state index is -0.0574. The summed E-state index contributed by atoms with van der Waals surface area (Å²) in [6, 6.07) is 0.317. The van der Waals surface area contributed by atoms with E-state index in [1.807, 2.05) is 0 Å². The number of carbonyl (C=O) groups excluding carboxylic acids is 2. The Labute approximate surface area is 299 Å². The molecule has 0 saturated carbocycles. The van der Waals surface area contributed by atoms with Crippen LogP contribution in [0.4, 0.5) is 0 Å². The Morgan fingerprint density at radius 2 is 0.875 bits per heavy atom. The first-order valence-corrected chi connectivity index (χ1v) is 21.4. The third-order valence-electron chi connectivity index (χ3n) is 10.3. The highest BCUT2D eigenvalue weighted by Gasteiger charge is 2.22. The van der Waals surface area contributed by atoms with E-state index in [1.54, 1.807) is 0 Å². The van der Waals surface area contributed by atoms with Crippen molar-refractivity contribution in [3.05, 3.63) is 0 Å². The fourth-order valence-corrected chi connectivity index (χ4v) is 7.04. The van der Waals surface area contributed by atoms with Gasteiger partial charge in [-0.25, -0.2) is 0 Å². The molecule has 284 valence electrons. The van der Waals surface area contributed by atoms with Crippen LogP contribution in [0.3, 0.4) is 0 Å². The summed E-state index contributed by atoms with van der Waals surface area (Å²) in [6.45, 7) is 9.01. The molecule has 0 radical (unpaired) electrons. The Balaban J connectivity index is 1.93. The van der Waals surface area contributed by atoms with Gasteiger partial charge >= 0.3 is 11.9 Å². The van der Waals surface area contributed by atoms with E-state index in [2.05, 4.69) is 24.1 Å². The number of hydrogen-bond donors (Lipinski definition) is 1. The second-order valence-electron chi connectivity index (χ2n) is 14.8. The van der Waals surface area contributed by atoms with Crippen molar-refractivity contribution in [1.82, 2.24) is 10.2 Å². The Kier molecular flexibility index (Phi) is 33.4. The minimum Gasteiger partial charge on any atom is -0.466 e. The largest absolute Gasteiger partial charge is 0.466 e. The van der Waals surface area contributed by atoms with E-state index in [0.717, 1.165) is 58.3 Å². The number of nitrogens with one attached hydrogen (secondary N) is 1. The highest BCUT2D eigenvalue weighted by Crippen LogP contribution is 2.15. The fraction of sp³-hybridized carbons (Fsp3) is 0.952. The molecular weight excluding hydrogens is 596 g/mol. The second-order valence-corrected chi connectivity index (χ2v) is 14.8. The molecule has 0 amide bonds. The average molecular weight is 679 g/mol. The van der Waals surface area contributed by atoms with E-state index in [9.17, 15) is 9.59 Å². The number of nitrogens with zero attached hydrogens (tertiary/aromatic N) is 1. The summed E-state index contributed by atoms with van der Waals surface area (Å²) in [6.07, 6.45) is 38.9. The van der Waals surface area contributed by atoms with Crippen LogP contribution in [0, 0.1) is 0 Å². The van der Waals surface area contributed by atoms with Gasteiger partial charge in [-0.3, -0.25) is 14.5 Å². The molecule has 1 rings (SSSR count). The summed E-state index contributed by atoms with van der Waals surface area (Å²) in [5.41, 5.74) is 0. The van der Waals surface area contributed by atoms with Crippen molar-refractivity contribution in [3.8, 4) is 0 Å². The van der Waals surface area contributed by atoms with E-state index < -0.39 is 0 Å². The van der Waals surface area contributed by atoms with E-state index in [-0.39, 0.29) is 11.9 Å². The molecule has 48 heavy (non-hydrogen) atoms. The van der Waals surface area contributed by atoms with Gasteiger partial charge in [0, 0.05) is 45.1 Å². The van der Waals surface area contributed by atoms with Crippen molar-refractivity contribution in [2.24, 2.45) is 0 Å². The van der Waals surface area contributed by atoms with Gasteiger partial charge in [-0.05, 0) is 19.3 Å². The quantitative estimate of drug-likeness (QED) is 0.0525. The molecule has 0 spiro atoms. The number of esters is 2. The zero-order valence-corrected chi connectivity index (χ0v) is 32.3. The monoisotopic (exact) mass is 679 g/mol. The molecule has 6 nitrogen and oxygen atoms in total. The lowest BCUT2D eigenvalue weighted by atomic mass is 10.0. The van der Waals surface area contributed by atoms with Crippen molar-refractivity contribution in [1.29, 1.82) is 0 Å². The van der Waals surface area contributed by atoms with Gasteiger partial charge in [-0.15, -0.1) is 0 Å². The normalized spacial score (nSPS) is 15.2. The maximum Gasteiger partial charge on any atom is 0.305 e. The van der Waals surface area contributed by atoms with Crippen LogP contribution in [0.1, 0.15) is 213 Å². The molecule has 1 fully saturated rings. The molecule has 1 aliphatic rings. The van der Waals surface area contributed by atoms with E-state index in [1.165, 1.54) is 154 Å². The van der Waals surface area contributed by atoms with Gasteiger partial charge in [0.2, 0.25) is 0 Å². The van der Waals surface area contributed by atoms with E-state index in [4.69, 9.17) is 9.47 Å². The smallest absolute Gasteiger partial charge is 0.305 e. The lowest BCUT2D eigenvalue weighted by molar-refractivity contribution is -0.146. The van der Waals surface area contributed by atoms with Crippen molar-refractivity contribution in [3.63, 3.8) is 0 Å². The predicted molar refractivity (Wildman–Crippen MR) is 205 cm³/mol. The number of carbonyl (C=O) groups is 2. The molecule has 0 aromatic heterocycles. The summed E-state index contributed by atoms with van der Waals surface area (Å²) in [7, 11) is 0. The lowest BCUT2D eigenvalue weighted by Gasteiger charge is -2.35. The third-order valence-corrected chi connectivity index (χ3v) is 10.3. The number of piperazine rings is 1. The van der Waals surface area contributed by atoms with Crippen LogP contribution in [0.2, 0.25) is 0 Å². The van der Waals surface area contributed by atoms with Crippen molar-refractivity contribution in [2.45, 2.75) is 219 Å². The molecule has 1 atom stereocenters. The van der Waals surface area contributed by atoms with E-state index >= 15 is 0 Å². The molecule has 0 aromatic carbocycles. The molecule has 1 aliphatic heterocycles. The van der Waals surface area contributed by atoms with Crippen LogP contribution in [-0.4, -0.2) is 62.3 Å². The van der Waals surface area contributed by atoms with Crippen LogP contribution >= 0.6 is 0 Å². The van der Waals surface area contributed by atoms with Crippen molar-refractivity contribution in [2.75, 3.05) is 39.4 Å². The average Bonchev–Trinajstić information content (AvgIpc) is 3.09. The van der Waals surface area contributed by atoms with Gasteiger partial charge in [0.1, 0.15) is 6.61 Å². The SMILES string of the molecule is CCCCCCCCCCCCCCCCC(=O)OCCC1CNCCN1CCOC(=O)CCCCCCCCCCCCCCCC. The third kappa shape index (κ3) is 29.7. The van der Waals surface area contributed by atoms with Crippen molar-refractivity contribution >= 4 is 11.9 Å². The van der Waals surface area contributed by atoms with E-state index in [0.29, 0.717) is 32.1 Å². The Hall–Kier alpha value is -1.14. The standard InChI is InChI=1S/C42H82N2O4/c1-3-5-7-9-11-13-15-17-19-21-23-25-27-29-31-41(45)47-37-33-40-39-43-34-35-44(40)36-38-48-42(46)32-30-28-26-24-22-20-18-16-14-12-10-8-6-4-2/h40,43H,3-39H2,1-2H3. The van der Waals surface area contributed by atoms with Gasteiger partial charge in [0.25, 0.3) is 0 Å². The zero-order valence-electron chi connectivity index (χ0n) is 32.3.